The molecule has 0 radical (unpaired) electrons. The van der Waals surface area contributed by atoms with E-state index in [9.17, 15) is 14.4 Å². The highest BCUT2D eigenvalue weighted by Crippen LogP contribution is 2.45. The van der Waals surface area contributed by atoms with Crippen LogP contribution >= 0.6 is 0 Å². The molecule has 0 rings (SSSR count). The minimum absolute atomic E-state index is 0. The molecular formula is C30H65N3O6. The summed E-state index contributed by atoms with van der Waals surface area (Å²) in [7, 11) is 0. The van der Waals surface area contributed by atoms with Crippen LogP contribution in [0.3, 0.4) is 0 Å². The number of nitrogens with one attached hydrogen (secondary N) is 3. The smallest absolute Gasteiger partial charge is 0.407 e. The van der Waals surface area contributed by atoms with E-state index in [0.29, 0.717) is 31.5 Å². The molecule has 0 heterocycles. The van der Waals surface area contributed by atoms with Crippen LogP contribution in [0.4, 0.5) is 14.4 Å². The first-order valence-electron chi connectivity index (χ1n) is 13.7. The Bertz CT molecular complexity index is 610. The van der Waals surface area contributed by atoms with Gasteiger partial charge in [-0.05, 0) is 97.3 Å². The maximum Gasteiger partial charge on any atom is 0.407 e. The first-order chi connectivity index (χ1) is 16.9. The molecule has 0 aromatic carbocycles. The Morgan fingerprint density at radius 1 is 0.564 bits per heavy atom. The number of carbonyl (C=O) groups is 3. The Labute approximate surface area is 241 Å². The average molecular weight is 564 g/mol. The molecule has 9 heteroatoms. The molecule has 39 heavy (non-hydrogen) atoms. The summed E-state index contributed by atoms with van der Waals surface area (Å²) < 4.78 is 16.4. The third kappa shape index (κ3) is 18.7. The summed E-state index contributed by atoms with van der Waals surface area (Å²) in [5.74, 6) is 0.674. The van der Waals surface area contributed by atoms with Crippen molar-refractivity contribution in [1.29, 1.82) is 0 Å². The molecular weight excluding hydrogens is 498 g/mol. The van der Waals surface area contributed by atoms with E-state index >= 15 is 0 Å². The minimum atomic E-state index is -0.388. The van der Waals surface area contributed by atoms with E-state index in [1.165, 1.54) is 0 Å². The van der Waals surface area contributed by atoms with Crippen LogP contribution in [0.5, 0.6) is 0 Å². The molecule has 0 aliphatic heterocycles. The molecule has 236 valence electrons. The fourth-order valence-corrected chi connectivity index (χ4v) is 4.40. The van der Waals surface area contributed by atoms with Crippen LogP contribution in [0.15, 0.2) is 0 Å². The van der Waals surface area contributed by atoms with Crippen molar-refractivity contribution >= 4 is 18.3 Å². The molecule has 0 aliphatic rings. The summed E-state index contributed by atoms with van der Waals surface area (Å²) in [6, 6.07) is 0. The number of carbonyl (C=O) groups excluding carboxylic acids is 3. The summed E-state index contributed by atoms with van der Waals surface area (Å²) in [5, 5.41) is 8.02. The van der Waals surface area contributed by atoms with Crippen molar-refractivity contribution in [2.24, 2.45) is 17.3 Å². The lowest BCUT2D eigenvalue weighted by Crippen LogP contribution is -2.36. The molecule has 5 atom stereocenters. The quantitative estimate of drug-likeness (QED) is 0.155. The lowest BCUT2D eigenvalue weighted by molar-refractivity contribution is 0.0356. The van der Waals surface area contributed by atoms with Crippen molar-refractivity contribution in [1.82, 2.24) is 16.0 Å². The van der Waals surface area contributed by atoms with Crippen LogP contribution in [-0.2, 0) is 14.2 Å². The first-order valence-corrected chi connectivity index (χ1v) is 13.7. The summed E-state index contributed by atoms with van der Waals surface area (Å²) in [4.78, 5) is 35.4. The fourth-order valence-electron chi connectivity index (χ4n) is 4.40. The highest BCUT2D eigenvalue weighted by Gasteiger charge is 2.37. The van der Waals surface area contributed by atoms with Crippen molar-refractivity contribution < 1.29 is 28.6 Å². The van der Waals surface area contributed by atoms with Crippen LogP contribution < -0.4 is 16.0 Å². The number of rotatable bonds is 17. The van der Waals surface area contributed by atoms with Gasteiger partial charge in [0.25, 0.3) is 0 Å². The summed E-state index contributed by atoms with van der Waals surface area (Å²) in [6.45, 7) is 19.8. The topological polar surface area (TPSA) is 115 Å². The van der Waals surface area contributed by atoms with Gasteiger partial charge in [0.1, 0.15) is 18.3 Å². The van der Waals surface area contributed by atoms with Gasteiger partial charge < -0.3 is 30.2 Å². The van der Waals surface area contributed by atoms with E-state index in [0.717, 1.165) is 38.5 Å². The van der Waals surface area contributed by atoms with E-state index in [1.807, 2.05) is 41.5 Å². The standard InChI is InChI=1S/C27H53N3O6.3CH4/c1-10-28-24(31)34-21(6)15-13-19(4)27(9,18-17-23(8)36-26(33)30-12-3)20(5)14-16-22(7)35-25(32)29-11-2;;;/h19-23H,10-18H2,1-9H3,(H,28,31)(H,29,32)(H,30,33);3*1H4. The van der Waals surface area contributed by atoms with Crippen LogP contribution in [0, 0.1) is 17.3 Å². The Hall–Kier alpha value is -2.19. The van der Waals surface area contributed by atoms with Gasteiger partial charge in [-0.1, -0.05) is 43.1 Å². The van der Waals surface area contributed by atoms with Crippen LogP contribution in [0.2, 0.25) is 0 Å². The molecule has 0 aromatic rings. The molecule has 0 fully saturated rings. The maximum absolute atomic E-state index is 11.8. The molecule has 3 amide bonds. The first kappa shape index (κ1) is 43.8. The lowest BCUT2D eigenvalue weighted by atomic mass is 9.63. The third-order valence-electron chi connectivity index (χ3n) is 7.24. The molecule has 0 bridgehead atoms. The molecule has 0 spiro atoms. The van der Waals surface area contributed by atoms with E-state index in [1.54, 1.807) is 0 Å². The number of ether oxygens (including phenoxy) is 3. The van der Waals surface area contributed by atoms with Crippen molar-refractivity contribution in [3.05, 3.63) is 0 Å². The maximum atomic E-state index is 11.8. The number of alkyl carbamates (subject to hydrolysis) is 3. The molecule has 3 N–H and O–H groups in total. The van der Waals surface area contributed by atoms with Crippen LogP contribution in [0.1, 0.15) is 123 Å². The highest BCUT2D eigenvalue weighted by atomic mass is 16.6. The number of amides is 3. The number of hydrogen-bond acceptors (Lipinski definition) is 6. The average Bonchev–Trinajstić information content (AvgIpc) is 2.79. The fraction of sp³-hybridized carbons (Fsp3) is 0.900. The zero-order valence-electron chi connectivity index (χ0n) is 24.2. The molecule has 0 saturated carbocycles. The van der Waals surface area contributed by atoms with Gasteiger partial charge in [-0.25, -0.2) is 14.4 Å². The SMILES string of the molecule is C.C.C.CCNC(=O)OC(C)CCC(C)C(C)(CCC(C)OC(=O)NCC)C(C)CCC(C)OC(=O)NCC. The van der Waals surface area contributed by atoms with Gasteiger partial charge in [0, 0.05) is 19.6 Å². The molecule has 0 aliphatic carbocycles. The second-order valence-electron chi connectivity index (χ2n) is 10.2. The largest absolute Gasteiger partial charge is 0.447 e. The van der Waals surface area contributed by atoms with Gasteiger partial charge in [0.05, 0.1) is 0 Å². The summed E-state index contributed by atoms with van der Waals surface area (Å²) in [6.07, 6.45) is 3.26. The zero-order valence-corrected chi connectivity index (χ0v) is 24.2. The van der Waals surface area contributed by atoms with Crippen molar-refractivity contribution in [2.45, 2.75) is 141 Å². The van der Waals surface area contributed by atoms with E-state index < -0.39 is 0 Å². The molecule has 0 saturated heterocycles. The Kier molecular flexibility index (Phi) is 26.6. The second kappa shape index (κ2) is 23.7. The summed E-state index contributed by atoms with van der Waals surface area (Å²) in [5.41, 5.74) is -0.0460. The molecule has 9 nitrogen and oxygen atoms in total. The predicted octanol–water partition coefficient (Wildman–Crippen LogP) is 7.92. The van der Waals surface area contributed by atoms with E-state index in [-0.39, 0.29) is 64.3 Å². The van der Waals surface area contributed by atoms with Gasteiger partial charge >= 0.3 is 18.3 Å². The van der Waals surface area contributed by atoms with E-state index in [4.69, 9.17) is 14.2 Å². The third-order valence-corrected chi connectivity index (χ3v) is 7.24. The lowest BCUT2D eigenvalue weighted by Gasteiger charge is -2.42. The van der Waals surface area contributed by atoms with Gasteiger partial charge in [-0.2, -0.15) is 0 Å². The number of hydrogen-bond donors (Lipinski definition) is 3. The zero-order chi connectivity index (χ0) is 27.7. The van der Waals surface area contributed by atoms with Gasteiger partial charge in [0.15, 0.2) is 0 Å². The predicted molar refractivity (Wildman–Crippen MR) is 163 cm³/mol. The monoisotopic (exact) mass is 563 g/mol. The molecule has 0 aromatic heterocycles. The van der Waals surface area contributed by atoms with Gasteiger partial charge in [-0.15, -0.1) is 0 Å². The van der Waals surface area contributed by atoms with Crippen molar-refractivity contribution in [3.63, 3.8) is 0 Å². The van der Waals surface area contributed by atoms with Gasteiger partial charge in [0.2, 0.25) is 0 Å². The summed E-state index contributed by atoms with van der Waals surface area (Å²) >= 11 is 0. The minimum Gasteiger partial charge on any atom is -0.447 e. The van der Waals surface area contributed by atoms with Crippen LogP contribution in [-0.4, -0.2) is 56.2 Å². The Morgan fingerprint density at radius 3 is 1.13 bits per heavy atom. The van der Waals surface area contributed by atoms with Crippen LogP contribution in [0.25, 0.3) is 0 Å². The highest BCUT2D eigenvalue weighted by molar-refractivity contribution is 5.67. The van der Waals surface area contributed by atoms with Crippen molar-refractivity contribution in [2.75, 3.05) is 19.6 Å². The molecule has 5 unspecified atom stereocenters. The van der Waals surface area contributed by atoms with Gasteiger partial charge in [-0.3, -0.25) is 0 Å². The van der Waals surface area contributed by atoms with E-state index in [2.05, 4.69) is 36.7 Å². The second-order valence-corrected chi connectivity index (χ2v) is 10.2. The Morgan fingerprint density at radius 2 is 0.846 bits per heavy atom. The normalized spacial score (nSPS) is 15.6. The van der Waals surface area contributed by atoms with Crippen molar-refractivity contribution in [3.8, 4) is 0 Å². The Balaban J connectivity index is -0.00000204.